The molecule has 1 atom stereocenters. The molecule has 2 aromatic rings. The summed E-state index contributed by atoms with van der Waals surface area (Å²) in [4.78, 5) is 25.0. The number of hydrogen-bond acceptors (Lipinski definition) is 4. The van der Waals surface area contributed by atoms with E-state index in [1.807, 2.05) is 12.1 Å². The fourth-order valence-electron chi connectivity index (χ4n) is 1.91. The SMILES string of the molecule is Cc1cc(C(=O)NNC(=O)C(C)Sc2ccc(Cl)cc2)c(C)o1. The van der Waals surface area contributed by atoms with Gasteiger partial charge in [0.1, 0.15) is 11.5 Å². The Bertz CT molecular complexity index is 713. The van der Waals surface area contributed by atoms with Crippen LogP contribution in [0.5, 0.6) is 0 Å². The van der Waals surface area contributed by atoms with Crippen molar-refractivity contribution in [2.45, 2.75) is 30.9 Å². The van der Waals surface area contributed by atoms with E-state index in [0.29, 0.717) is 22.1 Å². The number of carbonyl (C=O) groups excluding carboxylic acids is 2. The zero-order chi connectivity index (χ0) is 17.0. The Balaban J connectivity index is 1.87. The molecule has 2 rings (SSSR count). The van der Waals surface area contributed by atoms with Gasteiger partial charge in [-0.05, 0) is 51.1 Å². The molecule has 1 unspecified atom stereocenters. The van der Waals surface area contributed by atoms with Gasteiger partial charge in [-0.1, -0.05) is 11.6 Å². The molecule has 23 heavy (non-hydrogen) atoms. The molecule has 0 saturated carbocycles. The molecule has 0 spiro atoms. The Kier molecular flexibility index (Phi) is 5.74. The van der Waals surface area contributed by atoms with Crippen molar-refractivity contribution in [3.8, 4) is 0 Å². The zero-order valence-corrected chi connectivity index (χ0v) is 14.5. The summed E-state index contributed by atoms with van der Waals surface area (Å²) in [6, 6.07) is 8.84. The van der Waals surface area contributed by atoms with Crippen LogP contribution in [0.2, 0.25) is 5.02 Å². The van der Waals surface area contributed by atoms with E-state index in [0.717, 1.165) is 4.90 Å². The summed E-state index contributed by atoms with van der Waals surface area (Å²) >= 11 is 7.20. The molecule has 122 valence electrons. The summed E-state index contributed by atoms with van der Waals surface area (Å²) in [7, 11) is 0. The molecule has 7 heteroatoms. The molecule has 0 aliphatic heterocycles. The van der Waals surface area contributed by atoms with Gasteiger partial charge in [0, 0.05) is 9.92 Å². The molecule has 1 aromatic heterocycles. The van der Waals surface area contributed by atoms with E-state index >= 15 is 0 Å². The lowest BCUT2D eigenvalue weighted by molar-refractivity contribution is -0.121. The first-order valence-corrected chi connectivity index (χ1v) is 8.22. The number of hydrogen-bond donors (Lipinski definition) is 2. The van der Waals surface area contributed by atoms with Crippen LogP contribution in [0.3, 0.4) is 0 Å². The number of nitrogens with one attached hydrogen (secondary N) is 2. The number of halogens is 1. The molecular formula is C16H17ClN2O3S. The lowest BCUT2D eigenvalue weighted by atomic mass is 10.2. The van der Waals surface area contributed by atoms with E-state index in [1.165, 1.54) is 11.8 Å². The summed E-state index contributed by atoms with van der Waals surface area (Å²) < 4.78 is 5.29. The molecule has 1 aromatic carbocycles. The third-order valence-corrected chi connectivity index (χ3v) is 4.44. The second-order valence-electron chi connectivity index (χ2n) is 4.98. The first-order valence-electron chi connectivity index (χ1n) is 6.96. The lowest BCUT2D eigenvalue weighted by Gasteiger charge is -2.12. The fraction of sp³-hybridized carbons (Fsp3) is 0.250. The van der Waals surface area contributed by atoms with Gasteiger partial charge in [-0.2, -0.15) is 0 Å². The van der Waals surface area contributed by atoms with Crippen LogP contribution in [0.4, 0.5) is 0 Å². The minimum atomic E-state index is -0.406. The van der Waals surface area contributed by atoms with Gasteiger partial charge < -0.3 is 4.42 Å². The van der Waals surface area contributed by atoms with Crippen molar-refractivity contribution in [3.05, 3.63) is 52.4 Å². The van der Waals surface area contributed by atoms with E-state index in [-0.39, 0.29) is 11.2 Å². The van der Waals surface area contributed by atoms with E-state index in [4.69, 9.17) is 16.0 Å². The highest BCUT2D eigenvalue weighted by molar-refractivity contribution is 8.00. The summed E-state index contributed by atoms with van der Waals surface area (Å²) in [6.07, 6.45) is 0. The molecule has 2 N–H and O–H groups in total. The molecule has 0 radical (unpaired) electrons. The van der Waals surface area contributed by atoms with Gasteiger partial charge in [-0.3, -0.25) is 20.4 Å². The maximum Gasteiger partial charge on any atom is 0.273 e. The average Bonchev–Trinajstić information content (AvgIpc) is 2.85. The number of aryl methyl sites for hydroxylation is 2. The van der Waals surface area contributed by atoms with Gasteiger partial charge in [0.05, 0.1) is 10.8 Å². The average molecular weight is 353 g/mol. The molecule has 2 amide bonds. The van der Waals surface area contributed by atoms with Gasteiger partial charge >= 0.3 is 0 Å². The first-order chi connectivity index (χ1) is 10.9. The standard InChI is InChI=1S/C16H17ClN2O3S/c1-9-8-14(10(2)22-9)16(21)19-18-15(20)11(3)23-13-6-4-12(17)5-7-13/h4-8,11H,1-3H3,(H,18,20)(H,19,21). The van der Waals surface area contributed by atoms with Crippen LogP contribution in [-0.2, 0) is 4.79 Å². The smallest absolute Gasteiger partial charge is 0.273 e. The maximum atomic E-state index is 12.0. The van der Waals surface area contributed by atoms with Crippen LogP contribution in [-0.4, -0.2) is 17.1 Å². The Morgan fingerprint density at radius 3 is 2.39 bits per heavy atom. The zero-order valence-electron chi connectivity index (χ0n) is 13.0. The van der Waals surface area contributed by atoms with Crippen molar-refractivity contribution in [3.63, 3.8) is 0 Å². The predicted molar refractivity (Wildman–Crippen MR) is 90.6 cm³/mol. The van der Waals surface area contributed by atoms with Crippen molar-refractivity contribution in [1.82, 2.24) is 10.9 Å². The number of amides is 2. The van der Waals surface area contributed by atoms with Gasteiger partial charge in [0.15, 0.2) is 0 Å². The summed E-state index contributed by atoms with van der Waals surface area (Å²) in [5, 5.41) is 0.271. The van der Waals surface area contributed by atoms with Crippen LogP contribution in [0.1, 0.15) is 28.8 Å². The van der Waals surface area contributed by atoms with Crippen LogP contribution in [0.25, 0.3) is 0 Å². The Hall–Kier alpha value is -1.92. The fourth-order valence-corrected chi connectivity index (χ4v) is 2.91. The number of benzene rings is 1. The summed E-state index contributed by atoms with van der Waals surface area (Å²) in [6.45, 7) is 5.21. The summed E-state index contributed by atoms with van der Waals surface area (Å²) in [5.74, 6) is 0.455. The monoisotopic (exact) mass is 352 g/mol. The topological polar surface area (TPSA) is 71.3 Å². The quantitative estimate of drug-likeness (QED) is 0.652. The minimum Gasteiger partial charge on any atom is -0.466 e. The van der Waals surface area contributed by atoms with E-state index < -0.39 is 5.91 Å². The van der Waals surface area contributed by atoms with E-state index in [9.17, 15) is 9.59 Å². The molecule has 0 saturated heterocycles. The van der Waals surface area contributed by atoms with Crippen LogP contribution in [0, 0.1) is 13.8 Å². The second kappa shape index (κ2) is 7.57. The maximum absolute atomic E-state index is 12.0. The predicted octanol–water partition coefficient (Wildman–Crippen LogP) is 3.49. The molecule has 0 aliphatic rings. The van der Waals surface area contributed by atoms with Crippen molar-refractivity contribution < 1.29 is 14.0 Å². The largest absolute Gasteiger partial charge is 0.466 e. The number of furan rings is 1. The number of carbonyl (C=O) groups is 2. The minimum absolute atomic E-state index is 0.295. The molecular weight excluding hydrogens is 336 g/mol. The summed E-state index contributed by atoms with van der Waals surface area (Å²) in [5.41, 5.74) is 5.22. The highest BCUT2D eigenvalue weighted by atomic mass is 35.5. The number of hydrazine groups is 1. The Labute approximate surface area is 143 Å². The van der Waals surface area contributed by atoms with Gasteiger partial charge in [-0.25, -0.2) is 0 Å². The highest BCUT2D eigenvalue weighted by Crippen LogP contribution is 2.24. The molecule has 5 nitrogen and oxygen atoms in total. The van der Waals surface area contributed by atoms with Crippen LogP contribution in [0.15, 0.2) is 39.6 Å². The number of thioether (sulfide) groups is 1. The Morgan fingerprint density at radius 1 is 1.17 bits per heavy atom. The van der Waals surface area contributed by atoms with Gasteiger partial charge in [0.25, 0.3) is 11.8 Å². The third kappa shape index (κ3) is 4.77. The first kappa shape index (κ1) is 17.4. The lowest BCUT2D eigenvalue weighted by Crippen LogP contribution is -2.45. The van der Waals surface area contributed by atoms with Crippen molar-refractivity contribution in [1.29, 1.82) is 0 Å². The third-order valence-electron chi connectivity index (χ3n) is 3.08. The Morgan fingerprint density at radius 2 is 1.83 bits per heavy atom. The van der Waals surface area contributed by atoms with E-state index in [1.54, 1.807) is 39.0 Å². The van der Waals surface area contributed by atoms with Crippen molar-refractivity contribution in [2.75, 3.05) is 0 Å². The second-order valence-corrected chi connectivity index (χ2v) is 6.83. The van der Waals surface area contributed by atoms with Gasteiger partial charge in [-0.15, -0.1) is 11.8 Å². The normalized spacial score (nSPS) is 11.8. The van der Waals surface area contributed by atoms with Crippen molar-refractivity contribution in [2.24, 2.45) is 0 Å². The molecule has 0 aliphatic carbocycles. The number of rotatable bonds is 4. The highest BCUT2D eigenvalue weighted by Gasteiger charge is 2.17. The molecule has 0 fully saturated rings. The van der Waals surface area contributed by atoms with Crippen LogP contribution >= 0.6 is 23.4 Å². The van der Waals surface area contributed by atoms with Crippen LogP contribution < -0.4 is 10.9 Å². The molecule has 1 heterocycles. The van der Waals surface area contributed by atoms with Crippen molar-refractivity contribution >= 4 is 35.2 Å². The van der Waals surface area contributed by atoms with Gasteiger partial charge in [0.2, 0.25) is 0 Å². The van der Waals surface area contributed by atoms with E-state index in [2.05, 4.69) is 10.9 Å². The molecule has 0 bridgehead atoms.